The van der Waals surface area contributed by atoms with E-state index in [-0.39, 0.29) is 17.0 Å². The lowest BCUT2D eigenvalue weighted by Gasteiger charge is -2.12. The predicted molar refractivity (Wildman–Crippen MR) is 65.0 cm³/mol. The fourth-order valence-corrected chi connectivity index (χ4v) is 1.57. The van der Waals surface area contributed by atoms with E-state index in [1.54, 1.807) is 19.9 Å². The lowest BCUT2D eigenvalue weighted by molar-refractivity contribution is -0.122. The molecule has 6 heteroatoms. The first kappa shape index (κ1) is 13.4. The van der Waals surface area contributed by atoms with Crippen molar-refractivity contribution < 1.29 is 9.59 Å². The highest BCUT2D eigenvalue weighted by Crippen LogP contribution is 2.10. The van der Waals surface area contributed by atoms with Crippen molar-refractivity contribution in [3.63, 3.8) is 0 Å². The number of nitrogens with zero attached hydrogens (tertiary/aromatic N) is 1. The van der Waals surface area contributed by atoms with Crippen LogP contribution in [-0.2, 0) is 4.79 Å². The summed E-state index contributed by atoms with van der Waals surface area (Å²) in [6, 6.07) is 2.47. The van der Waals surface area contributed by atoms with E-state index in [1.807, 2.05) is 0 Å². The number of halogens is 1. The molecule has 0 aromatic carbocycles. The first-order chi connectivity index (χ1) is 7.93. The number of nitrogens with one attached hydrogen (secondary N) is 2. The molecule has 0 aliphatic heterocycles. The maximum absolute atomic E-state index is 11.8. The van der Waals surface area contributed by atoms with Crippen LogP contribution in [0.2, 0.25) is 5.15 Å². The normalized spacial score (nSPS) is 11.8. The van der Waals surface area contributed by atoms with Crippen molar-refractivity contribution in [2.75, 3.05) is 7.05 Å². The molecule has 5 nitrogen and oxygen atoms in total. The van der Waals surface area contributed by atoms with E-state index in [9.17, 15) is 9.59 Å². The van der Waals surface area contributed by atoms with Gasteiger partial charge in [-0.05, 0) is 26.0 Å². The molecule has 0 bridgehead atoms. The van der Waals surface area contributed by atoms with Gasteiger partial charge in [-0.15, -0.1) is 0 Å². The fraction of sp³-hybridized carbons (Fsp3) is 0.364. The van der Waals surface area contributed by atoms with Crippen molar-refractivity contribution in [3.8, 4) is 0 Å². The molecule has 0 saturated carbocycles. The van der Waals surface area contributed by atoms with Gasteiger partial charge in [0.1, 0.15) is 11.2 Å². The minimum absolute atomic E-state index is 0.253. The smallest absolute Gasteiger partial charge is 0.252 e. The lowest BCUT2D eigenvalue weighted by atomic mass is 10.2. The van der Waals surface area contributed by atoms with E-state index in [1.165, 1.54) is 13.1 Å². The third kappa shape index (κ3) is 3.71. The van der Waals surface area contributed by atoms with E-state index >= 15 is 0 Å². The zero-order chi connectivity index (χ0) is 13.0. The molecule has 1 heterocycles. The summed E-state index contributed by atoms with van der Waals surface area (Å²) in [7, 11) is 1.51. The van der Waals surface area contributed by atoms with Crippen LogP contribution in [-0.4, -0.2) is 29.9 Å². The van der Waals surface area contributed by atoms with E-state index in [0.29, 0.717) is 11.3 Å². The third-order valence-corrected chi connectivity index (χ3v) is 2.37. The Morgan fingerprint density at radius 3 is 2.59 bits per heavy atom. The average molecular weight is 256 g/mol. The van der Waals surface area contributed by atoms with Gasteiger partial charge >= 0.3 is 0 Å². The van der Waals surface area contributed by atoms with Gasteiger partial charge in [0.15, 0.2) is 0 Å². The topological polar surface area (TPSA) is 71.1 Å². The molecule has 17 heavy (non-hydrogen) atoms. The molecule has 1 aromatic heterocycles. The van der Waals surface area contributed by atoms with Gasteiger partial charge in [0, 0.05) is 18.3 Å². The number of likely N-dealkylation sites (N-methyl/N-ethyl adjacent to an activating group) is 1. The van der Waals surface area contributed by atoms with E-state index in [0.717, 1.165) is 0 Å². The SMILES string of the molecule is CNC(=O)C(C)NC(=O)c1cc(C)nc(Cl)c1. The Morgan fingerprint density at radius 2 is 2.06 bits per heavy atom. The van der Waals surface area contributed by atoms with Crippen LogP contribution in [0, 0.1) is 6.92 Å². The van der Waals surface area contributed by atoms with Crippen LogP contribution in [0.4, 0.5) is 0 Å². The second kappa shape index (κ2) is 5.63. The molecule has 0 fully saturated rings. The van der Waals surface area contributed by atoms with Crippen LogP contribution in [0.5, 0.6) is 0 Å². The highest BCUT2D eigenvalue weighted by atomic mass is 35.5. The monoisotopic (exact) mass is 255 g/mol. The second-order valence-electron chi connectivity index (χ2n) is 3.63. The molecule has 1 atom stereocenters. The first-order valence-electron chi connectivity index (χ1n) is 5.10. The zero-order valence-corrected chi connectivity index (χ0v) is 10.6. The van der Waals surface area contributed by atoms with Crippen LogP contribution in [0.15, 0.2) is 12.1 Å². The Hall–Kier alpha value is -1.62. The molecule has 1 aromatic rings. The fourth-order valence-electron chi connectivity index (χ4n) is 1.32. The number of hydrogen-bond acceptors (Lipinski definition) is 3. The van der Waals surface area contributed by atoms with Crippen molar-refractivity contribution in [1.29, 1.82) is 0 Å². The molecule has 1 rings (SSSR count). The molecule has 92 valence electrons. The van der Waals surface area contributed by atoms with E-state index in [2.05, 4.69) is 15.6 Å². The standard InChI is InChI=1S/C11H14ClN3O2/c1-6-4-8(5-9(12)14-6)11(17)15-7(2)10(16)13-3/h4-5,7H,1-3H3,(H,13,16)(H,15,17). The van der Waals surface area contributed by atoms with Gasteiger partial charge in [0.2, 0.25) is 5.91 Å². The summed E-state index contributed by atoms with van der Waals surface area (Å²) in [4.78, 5) is 27.0. The van der Waals surface area contributed by atoms with Crippen LogP contribution >= 0.6 is 11.6 Å². The van der Waals surface area contributed by atoms with Crippen molar-refractivity contribution in [1.82, 2.24) is 15.6 Å². The highest BCUT2D eigenvalue weighted by molar-refractivity contribution is 6.29. The predicted octanol–water partition coefficient (Wildman–Crippen LogP) is 0.908. The van der Waals surface area contributed by atoms with Gasteiger partial charge in [-0.2, -0.15) is 0 Å². The second-order valence-corrected chi connectivity index (χ2v) is 4.02. The Balaban J connectivity index is 2.79. The quantitative estimate of drug-likeness (QED) is 0.789. The summed E-state index contributed by atoms with van der Waals surface area (Å²) < 4.78 is 0. The maximum Gasteiger partial charge on any atom is 0.252 e. The van der Waals surface area contributed by atoms with Crippen molar-refractivity contribution in [3.05, 3.63) is 28.5 Å². The van der Waals surface area contributed by atoms with Crippen molar-refractivity contribution in [2.24, 2.45) is 0 Å². The summed E-state index contributed by atoms with van der Waals surface area (Å²) in [5.74, 6) is -0.608. The molecule has 0 spiro atoms. The largest absolute Gasteiger partial charge is 0.357 e. The zero-order valence-electron chi connectivity index (χ0n) is 9.87. The number of carbonyl (C=O) groups excluding carboxylic acids is 2. The summed E-state index contributed by atoms with van der Waals surface area (Å²) in [5.41, 5.74) is 1.04. The third-order valence-electron chi connectivity index (χ3n) is 2.17. The molecule has 2 N–H and O–H groups in total. The number of amides is 2. The van der Waals surface area contributed by atoms with Crippen molar-refractivity contribution in [2.45, 2.75) is 19.9 Å². The van der Waals surface area contributed by atoms with Crippen LogP contribution in [0.3, 0.4) is 0 Å². The van der Waals surface area contributed by atoms with Crippen LogP contribution in [0.1, 0.15) is 23.0 Å². The Kier molecular flexibility index (Phi) is 4.45. The van der Waals surface area contributed by atoms with Gasteiger partial charge in [-0.1, -0.05) is 11.6 Å². The first-order valence-corrected chi connectivity index (χ1v) is 5.48. The van der Waals surface area contributed by atoms with Gasteiger partial charge in [0.05, 0.1) is 0 Å². The van der Waals surface area contributed by atoms with Gasteiger partial charge in [0.25, 0.3) is 5.91 Å². The molecule has 0 aliphatic rings. The number of aromatic nitrogens is 1. The number of aryl methyl sites for hydroxylation is 1. The molecular weight excluding hydrogens is 242 g/mol. The van der Waals surface area contributed by atoms with Gasteiger partial charge < -0.3 is 10.6 Å². The Morgan fingerprint density at radius 1 is 1.41 bits per heavy atom. The van der Waals surface area contributed by atoms with Gasteiger partial charge in [-0.25, -0.2) is 4.98 Å². The minimum atomic E-state index is -0.597. The Labute approximate surface area is 105 Å². The van der Waals surface area contributed by atoms with E-state index in [4.69, 9.17) is 11.6 Å². The number of pyridine rings is 1. The number of hydrogen-bond donors (Lipinski definition) is 2. The summed E-state index contributed by atoms with van der Waals surface area (Å²) in [5, 5.41) is 5.27. The number of carbonyl (C=O) groups is 2. The summed E-state index contributed by atoms with van der Waals surface area (Å²) in [6.45, 7) is 3.34. The van der Waals surface area contributed by atoms with Gasteiger partial charge in [-0.3, -0.25) is 9.59 Å². The molecular formula is C11H14ClN3O2. The minimum Gasteiger partial charge on any atom is -0.357 e. The molecule has 0 radical (unpaired) electrons. The molecule has 0 saturated heterocycles. The highest BCUT2D eigenvalue weighted by Gasteiger charge is 2.15. The molecule has 2 amide bonds. The average Bonchev–Trinajstić information content (AvgIpc) is 2.26. The van der Waals surface area contributed by atoms with Crippen molar-refractivity contribution >= 4 is 23.4 Å². The lowest BCUT2D eigenvalue weighted by Crippen LogP contribution is -2.43. The summed E-state index contributed by atoms with van der Waals surface area (Å²) >= 11 is 5.75. The molecule has 1 unspecified atom stereocenters. The van der Waals surface area contributed by atoms with E-state index < -0.39 is 6.04 Å². The summed E-state index contributed by atoms with van der Waals surface area (Å²) in [6.07, 6.45) is 0. The number of rotatable bonds is 3. The van der Waals surface area contributed by atoms with Crippen LogP contribution < -0.4 is 10.6 Å². The molecule has 0 aliphatic carbocycles. The maximum atomic E-state index is 11.8. The Bertz CT molecular complexity index is 428. The van der Waals surface area contributed by atoms with Crippen LogP contribution in [0.25, 0.3) is 0 Å².